The lowest BCUT2D eigenvalue weighted by atomic mass is 10.1. The van der Waals surface area contributed by atoms with Crippen molar-refractivity contribution in [2.75, 3.05) is 26.2 Å². The van der Waals surface area contributed by atoms with Crippen molar-refractivity contribution in [2.24, 2.45) is 5.73 Å². The number of carbonyl (C=O) groups excluding carboxylic acids is 1. The molecule has 2 heterocycles. The fraction of sp³-hybridized carbons (Fsp3) is 0.933. The third-order valence-electron chi connectivity index (χ3n) is 4.49. The van der Waals surface area contributed by atoms with Crippen LogP contribution in [0.1, 0.15) is 51.9 Å². The first-order valence-electron chi connectivity index (χ1n) is 8.00. The van der Waals surface area contributed by atoms with Crippen molar-refractivity contribution < 1.29 is 4.79 Å². The lowest BCUT2D eigenvalue weighted by molar-refractivity contribution is -0.133. The molecule has 2 aliphatic heterocycles. The van der Waals surface area contributed by atoms with E-state index in [0.717, 1.165) is 38.8 Å². The van der Waals surface area contributed by atoms with Crippen LogP contribution < -0.4 is 5.73 Å². The zero-order valence-electron chi connectivity index (χ0n) is 13.1. The molecular formula is C15H31Cl2N3O. The molecule has 0 aliphatic carbocycles. The highest BCUT2D eigenvalue weighted by atomic mass is 35.5. The van der Waals surface area contributed by atoms with Gasteiger partial charge in [-0.3, -0.25) is 4.79 Å². The monoisotopic (exact) mass is 339 g/mol. The Hall–Kier alpha value is -0.0300. The van der Waals surface area contributed by atoms with Crippen molar-refractivity contribution in [3.63, 3.8) is 0 Å². The van der Waals surface area contributed by atoms with Gasteiger partial charge in [-0.05, 0) is 45.2 Å². The summed E-state index contributed by atoms with van der Waals surface area (Å²) in [5.41, 5.74) is 6.00. The Balaban J connectivity index is 0.00000200. The Kier molecular flexibility index (Phi) is 10.6. The first-order chi connectivity index (χ1) is 9.22. The largest absolute Gasteiger partial charge is 0.337 e. The fourth-order valence-corrected chi connectivity index (χ4v) is 3.40. The Labute approximate surface area is 141 Å². The number of nitrogens with zero attached hydrogens (tertiary/aromatic N) is 2. The van der Waals surface area contributed by atoms with Crippen molar-refractivity contribution in [3.05, 3.63) is 0 Å². The molecule has 2 fully saturated rings. The Morgan fingerprint density at radius 3 is 2.43 bits per heavy atom. The highest BCUT2D eigenvalue weighted by Crippen LogP contribution is 2.21. The smallest absolute Gasteiger partial charge is 0.239 e. The Morgan fingerprint density at radius 2 is 1.81 bits per heavy atom. The molecule has 126 valence electrons. The summed E-state index contributed by atoms with van der Waals surface area (Å²) in [6.45, 7) is 6.47. The average molecular weight is 340 g/mol. The highest BCUT2D eigenvalue weighted by Gasteiger charge is 2.32. The van der Waals surface area contributed by atoms with Gasteiger partial charge in [-0.25, -0.2) is 0 Å². The van der Waals surface area contributed by atoms with E-state index in [1.54, 1.807) is 0 Å². The van der Waals surface area contributed by atoms with E-state index in [-0.39, 0.29) is 36.8 Å². The summed E-state index contributed by atoms with van der Waals surface area (Å²) in [5.74, 6) is 0.182. The predicted molar refractivity (Wildman–Crippen MR) is 92.4 cm³/mol. The quantitative estimate of drug-likeness (QED) is 0.836. The minimum Gasteiger partial charge on any atom is -0.337 e. The molecule has 2 atom stereocenters. The van der Waals surface area contributed by atoms with Crippen molar-refractivity contribution in [2.45, 2.75) is 64.0 Å². The van der Waals surface area contributed by atoms with Crippen molar-refractivity contribution in [1.29, 1.82) is 0 Å². The molecule has 0 aromatic rings. The molecule has 1 amide bonds. The number of likely N-dealkylation sites (tertiary alicyclic amines) is 2. The number of hydrogen-bond donors (Lipinski definition) is 1. The van der Waals surface area contributed by atoms with E-state index >= 15 is 0 Å². The van der Waals surface area contributed by atoms with Gasteiger partial charge in [-0.15, -0.1) is 24.8 Å². The van der Waals surface area contributed by atoms with Crippen molar-refractivity contribution in [3.8, 4) is 0 Å². The number of amides is 1. The van der Waals surface area contributed by atoms with E-state index < -0.39 is 0 Å². The van der Waals surface area contributed by atoms with E-state index in [0.29, 0.717) is 6.04 Å². The number of halogens is 2. The minimum absolute atomic E-state index is 0. The maximum Gasteiger partial charge on any atom is 0.239 e. The number of nitrogens with two attached hydrogens (primary N) is 1. The van der Waals surface area contributed by atoms with Crippen LogP contribution in [0.15, 0.2) is 0 Å². The lowest BCUT2D eigenvalue weighted by Gasteiger charge is -2.34. The van der Waals surface area contributed by atoms with E-state index in [4.69, 9.17) is 5.73 Å². The van der Waals surface area contributed by atoms with Gasteiger partial charge in [0.05, 0.1) is 6.04 Å². The van der Waals surface area contributed by atoms with Crippen LogP contribution in [0.4, 0.5) is 0 Å². The molecule has 0 aromatic carbocycles. The van der Waals surface area contributed by atoms with Gasteiger partial charge >= 0.3 is 0 Å². The molecule has 0 radical (unpaired) electrons. The number of piperidine rings is 1. The van der Waals surface area contributed by atoms with Gasteiger partial charge in [0, 0.05) is 19.1 Å². The first-order valence-corrected chi connectivity index (χ1v) is 8.00. The van der Waals surface area contributed by atoms with Gasteiger partial charge in [0.1, 0.15) is 0 Å². The second-order valence-electron chi connectivity index (χ2n) is 6.08. The summed E-state index contributed by atoms with van der Waals surface area (Å²) in [7, 11) is 0. The van der Waals surface area contributed by atoms with Gasteiger partial charge in [0.25, 0.3) is 0 Å². The van der Waals surface area contributed by atoms with Crippen LogP contribution in [0.3, 0.4) is 0 Å². The van der Waals surface area contributed by atoms with Gasteiger partial charge in [0.15, 0.2) is 0 Å². The van der Waals surface area contributed by atoms with Crippen LogP contribution in [0.5, 0.6) is 0 Å². The summed E-state index contributed by atoms with van der Waals surface area (Å²) in [4.78, 5) is 17.0. The topological polar surface area (TPSA) is 49.6 Å². The van der Waals surface area contributed by atoms with Gasteiger partial charge in [-0.1, -0.05) is 19.8 Å². The third kappa shape index (κ3) is 5.93. The molecule has 2 aliphatic rings. The van der Waals surface area contributed by atoms with E-state index in [1.165, 1.54) is 32.4 Å². The van der Waals surface area contributed by atoms with Crippen LogP contribution in [-0.2, 0) is 4.79 Å². The van der Waals surface area contributed by atoms with Crippen LogP contribution in [0.2, 0.25) is 0 Å². The molecule has 2 N–H and O–H groups in total. The predicted octanol–water partition coefficient (Wildman–Crippen LogP) is 2.43. The maximum atomic E-state index is 12.4. The molecule has 4 nitrogen and oxygen atoms in total. The molecule has 21 heavy (non-hydrogen) atoms. The van der Waals surface area contributed by atoms with Crippen LogP contribution in [0, 0.1) is 0 Å². The zero-order valence-corrected chi connectivity index (χ0v) is 14.8. The average Bonchev–Trinajstić information content (AvgIpc) is 2.87. The van der Waals surface area contributed by atoms with Crippen molar-refractivity contribution in [1.82, 2.24) is 9.80 Å². The van der Waals surface area contributed by atoms with Gasteiger partial charge in [-0.2, -0.15) is 0 Å². The molecule has 0 spiro atoms. The fourth-order valence-electron chi connectivity index (χ4n) is 3.40. The van der Waals surface area contributed by atoms with E-state index in [1.807, 2.05) is 0 Å². The molecular weight excluding hydrogens is 309 g/mol. The Bertz CT molecular complexity index is 299. The zero-order chi connectivity index (χ0) is 13.7. The van der Waals surface area contributed by atoms with Crippen LogP contribution >= 0.6 is 24.8 Å². The van der Waals surface area contributed by atoms with Gasteiger partial charge in [0.2, 0.25) is 5.91 Å². The minimum atomic E-state index is -0.285. The molecule has 2 rings (SSSR count). The van der Waals surface area contributed by atoms with Gasteiger partial charge < -0.3 is 15.5 Å². The highest BCUT2D eigenvalue weighted by molar-refractivity contribution is 5.85. The third-order valence-corrected chi connectivity index (χ3v) is 4.49. The number of carbonyl (C=O) groups is 1. The summed E-state index contributed by atoms with van der Waals surface area (Å²) >= 11 is 0. The van der Waals surface area contributed by atoms with E-state index in [2.05, 4.69) is 16.7 Å². The molecule has 0 aromatic heterocycles. The van der Waals surface area contributed by atoms with E-state index in [9.17, 15) is 4.79 Å². The van der Waals surface area contributed by atoms with Crippen LogP contribution in [-0.4, -0.2) is 54.0 Å². The summed E-state index contributed by atoms with van der Waals surface area (Å²) in [6.07, 6.45) is 8.09. The standard InChI is InChI=1S/C15H29N3O.2ClH/c1-2-7-14(16)15(19)18-11-6-8-13(18)12-17-9-4-3-5-10-17;;/h13-14H,2-12,16H2,1H3;2*1H. The maximum absolute atomic E-state index is 12.4. The first kappa shape index (κ1) is 21.0. The molecule has 2 unspecified atom stereocenters. The molecule has 6 heteroatoms. The second kappa shape index (κ2) is 10.7. The molecule has 2 saturated heterocycles. The summed E-state index contributed by atoms with van der Waals surface area (Å²) < 4.78 is 0. The molecule has 0 bridgehead atoms. The SMILES string of the molecule is CCCC(N)C(=O)N1CCCC1CN1CCCCC1.Cl.Cl. The number of hydrogen-bond acceptors (Lipinski definition) is 3. The van der Waals surface area contributed by atoms with Crippen LogP contribution in [0.25, 0.3) is 0 Å². The Morgan fingerprint density at radius 1 is 1.14 bits per heavy atom. The number of rotatable bonds is 5. The summed E-state index contributed by atoms with van der Waals surface area (Å²) in [5, 5.41) is 0. The second-order valence-corrected chi connectivity index (χ2v) is 6.08. The van der Waals surface area contributed by atoms with Crippen molar-refractivity contribution >= 4 is 30.7 Å². The lowest BCUT2D eigenvalue weighted by Crippen LogP contribution is -2.50. The summed E-state index contributed by atoms with van der Waals surface area (Å²) in [6, 6.07) is 0.125. The normalized spacial score (nSPS) is 24.1. The molecule has 0 saturated carbocycles.